The monoisotopic (exact) mass is 178 g/mol. The van der Waals surface area contributed by atoms with E-state index in [9.17, 15) is 4.79 Å². The molecule has 0 bridgehead atoms. The number of hydrogen-bond acceptors (Lipinski definition) is 1. The molecule has 0 amide bonds. The second kappa shape index (κ2) is 3.65. The SMILES string of the molecule is CC1CC=C(C2CCCCC2)C1=O. The Morgan fingerprint density at radius 1 is 1.23 bits per heavy atom. The lowest BCUT2D eigenvalue weighted by atomic mass is 9.82. The Balaban J connectivity index is 2.04. The first-order chi connectivity index (χ1) is 6.29. The molecule has 2 rings (SSSR count). The van der Waals surface area contributed by atoms with Gasteiger partial charge in [0.05, 0.1) is 0 Å². The maximum absolute atomic E-state index is 11.7. The van der Waals surface area contributed by atoms with Gasteiger partial charge in [-0.1, -0.05) is 32.3 Å². The molecule has 2 aliphatic rings. The van der Waals surface area contributed by atoms with Gasteiger partial charge in [-0.2, -0.15) is 0 Å². The van der Waals surface area contributed by atoms with Crippen molar-refractivity contribution in [2.75, 3.05) is 0 Å². The summed E-state index contributed by atoms with van der Waals surface area (Å²) >= 11 is 0. The van der Waals surface area contributed by atoms with E-state index in [1.807, 2.05) is 0 Å². The Bertz CT molecular complexity index is 234. The average Bonchev–Trinajstić information content (AvgIpc) is 2.49. The van der Waals surface area contributed by atoms with E-state index in [1.165, 1.54) is 37.7 Å². The molecular formula is C12H18O. The van der Waals surface area contributed by atoms with Gasteiger partial charge in [0.2, 0.25) is 0 Å². The second-order valence-electron chi connectivity index (χ2n) is 4.50. The molecule has 1 nitrogen and oxygen atoms in total. The molecule has 0 spiro atoms. The zero-order valence-corrected chi connectivity index (χ0v) is 8.38. The quantitative estimate of drug-likeness (QED) is 0.603. The third-order valence-corrected chi connectivity index (χ3v) is 3.47. The minimum absolute atomic E-state index is 0.275. The van der Waals surface area contributed by atoms with E-state index in [4.69, 9.17) is 0 Å². The molecule has 0 aromatic carbocycles. The number of carbonyl (C=O) groups excluding carboxylic acids is 1. The minimum Gasteiger partial charge on any atom is -0.294 e. The number of ketones is 1. The van der Waals surface area contributed by atoms with Gasteiger partial charge in [-0.15, -0.1) is 0 Å². The van der Waals surface area contributed by atoms with E-state index in [-0.39, 0.29) is 5.92 Å². The molecule has 0 aromatic heterocycles. The highest BCUT2D eigenvalue weighted by atomic mass is 16.1. The van der Waals surface area contributed by atoms with E-state index in [0.717, 1.165) is 6.42 Å². The van der Waals surface area contributed by atoms with Crippen molar-refractivity contribution in [3.63, 3.8) is 0 Å². The summed E-state index contributed by atoms with van der Waals surface area (Å²) in [5.41, 5.74) is 1.17. The fourth-order valence-corrected chi connectivity index (χ4v) is 2.58. The van der Waals surface area contributed by atoms with Crippen molar-refractivity contribution >= 4 is 5.78 Å². The molecule has 0 saturated heterocycles. The topological polar surface area (TPSA) is 17.1 Å². The van der Waals surface area contributed by atoms with Gasteiger partial charge in [-0.3, -0.25) is 4.79 Å². The smallest absolute Gasteiger partial charge is 0.161 e. The molecule has 0 radical (unpaired) electrons. The summed E-state index contributed by atoms with van der Waals surface area (Å²) in [6.45, 7) is 2.05. The van der Waals surface area contributed by atoms with Crippen molar-refractivity contribution in [1.82, 2.24) is 0 Å². The normalized spacial score (nSPS) is 30.7. The van der Waals surface area contributed by atoms with Crippen LogP contribution in [0.1, 0.15) is 45.4 Å². The third kappa shape index (κ3) is 1.70. The Kier molecular flexibility index (Phi) is 2.52. The third-order valence-electron chi connectivity index (χ3n) is 3.47. The first-order valence-corrected chi connectivity index (χ1v) is 5.53. The van der Waals surface area contributed by atoms with Crippen LogP contribution in [0.3, 0.4) is 0 Å². The number of rotatable bonds is 1. The highest BCUT2D eigenvalue weighted by molar-refractivity contribution is 5.99. The Hall–Kier alpha value is -0.590. The fraction of sp³-hybridized carbons (Fsp3) is 0.750. The molecule has 0 aromatic rings. The number of Topliss-reactive ketones (excluding diaryl/α,β-unsaturated/α-hetero) is 1. The lowest BCUT2D eigenvalue weighted by Gasteiger charge is -2.22. The van der Waals surface area contributed by atoms with E-state index in [1.54, 1.807) is 0 Å². The Morgan fingerprint density at radius 3 is 2.46 bits per heavy atom. The molecule has 0 aliphatic heterocycles. The lowest BCUT2D eigenvalue weighted by molar-refractivity contribution is -0.118. The van der Waals surface area contributed by atoms with Crippen LogP contribution in [0.5, 0.6) is 0 Å². The van der Waals surface area contributed by atoms with Crippen LogP contribution in [0.4, 0.5) is 0 Å². The summed E-state index contributed by atoms with van der Waals surface area (Å²) in [4.78, 5) is 11.7. The summed E-state index contributed by atoms with van der Waals surface area (Å²) in [5.74, 6) is 1.33. The van der Waals surface area contributed by atoms with Crippen LogP contribution in [0.25, 0.3) is 0 Å². The minimum atomic E-state index is 0.275. The Labute approximate surface area is 80.2 Å². The molecule has 13 heavy (non-hydrogen) atoms. The average molecular weight is 178 g/mol. The van der Waals surface area contributed by atoms with E-state index in [0.29, 0.717) is 11.7 Å². The zero-order chi connectivity index (χ0) is 9.26. The predicted molar refractivity (Wildman–Crippen MR) is 53.4 cm³/mol. The van der Waals surface area contributed by atoms with Crippen LogP contribution >= 0.6 is 0 Å². The Morgan fingerprint density at radius 2 is 1.92 bits per heavy atom. The molecule has 1 heteroatoms. The summed E-state index contributed by atoms with van der Waals surface area (Å²) in [7, 11) is 0. The molecule has 72 valence electrons. The second-order valence-corrected chi connectivity index (χ2v) is 4.50. The van der Waals surface area contributed by atoms with Crippen LogP contribution in [-0.4, -0.2) is 5.78 Å². The molecule has 0 heterocycles. The van der Waals surface area contributed by atoms with Crippen LogP contribution in [0, 0.1) is 11.8 Å². The fourth-order valence-electron chi connectivity index (χ4n) is 2.58. The van der Waals surface area contributed by atoms with E-state index < -0.39 is 0 Å². The molecule has 1 atom stereocenters. The van der Waals surface area contributed by atoms with Gasteiger partial charge in [0.25, 0.3) is 0 Å². The molecule has 1 saturated carbocycles. The highest BCUT2D eigenvalue weighted by Gasteiger charge is 2.29. The lowest BCUT2D eigenvalue weighted by Crippen LogP contribution is -2.16. The summed E-state index contributed by atoms with van der Waals surface area (Å²) in [6.07, 6.45) is 9.71. The van der Waals surface area contributed by atoms with Crippen molar-refractivity contribution in [2.45, 2.75) is 45.4 Å². The maximum Gasteiger partial charge on any atom is 0.161 e. The van der Waals surface area contributed by atoms with Gasteiger partial charge >= 0.3 is 0 Å². The van der Waals surface area contributed by atoms with Crippen LogP contribution < -0.4 is 0 Å². The van der Waals surface area contributed by atoms with Gasteiger partial charge in [0, 0.05) is 5.92 Å². The van der Waals surface area contributed by atoms with E-state index >= 15 is 0 Å². The van der Waals surface area contributed by atoms with Gasteiger partial charge in [-0.05, 0) is 30.8 Å². The molecular weight excluding hydrogens is 160 g/mol. The molecule has 2 aliphatic carbocycles. The molecule has 0 N–H and O–H groups in total. The van der Waals surface area contributed by atoms with Crippen molar-refractivity contribution in [2.24, 2.45) is 11.8 Å². The summed E-state index contributed by atoms with van der Waals surface area (Å²) in [6, 6.07) is 0. The van der Waals surface area contributed by atoms with Crippen LogP contribution in [0.15, 0.2) is 11.6 Å². The standard InChI is InChI=1S/C12H18O/c1-9-7-8-11(12(9)13)10-5-3-2-4-6-10/h8-10H,2-7H2,1H3. The predicted octanol–water partition coefficient (Wildman–Crippen LogP) is 3.10. The van der Waals surface area contributed by atoms with Crippen LogP contribution in [-0.2, 0) is 4.79 Å². The largest absolute Gasteiger partial charge is 0.294 e. The number of carbonyl (C=O) groups is 1. The van der Waals surface area contributed by atoms with Crippen LogP contribution in [0.2, 0.25) is 0 Å². The van der Waals surface area contributed by atoms with Gasteiger partial charge in [0.15, 0.2) is 5.78 Å². The van der Waals surface area contributed by atoms with E-state index in [2.05, 4.69) is 13.0 Å². The molecule has 1 unspecified atom stereocenters. The first-order valence-electron chi connectivity index (χ1n) is 5.53. The van der Waals surface area contributed by atoms with Crippen molar-refractivity contribution < 1.29 is 4.79 Å². The van der Waals surface area contributed by atoms with Gasteiger partial charge < -0.3 is 0 Å². The maximum atomic E-state index is 11.7. The molecule has 1 fully saturated rings. The van der Waals surface area contributed by atoms with Gasteiger partial charge in [0.1, 0.15) is 0 Å². The zero-order valence-electron chi connectivity index (χ0n) is 8.38. The van der Waals surface area contributed by atoms with Crippen molar-refractivity contribution in [3.8, 4) is 0 Å². The van der Waals surface area contributed by atoms with Gasteiger partial charge in [-0.25, -0.2) is 0 Å². The number of hydrogen-bond donors (Lipinski definition) is 0. The summed E-state index contributed by atoms with van der Waals surface area (Å²) in [5, 5.41) is 0. The van der Waals surface area contributed by atoms with Crippen molar-refractivity contribution in [3.05, 3.63) is 11.6 Å². The van der Waals surface area contributed by atoms with Crippen molar-refractivity contribution in [1.29, 1.82) is 0 Å². The summed E-state index contributed by atoms with van der Waals surface area (Å²) < 4.78 is 0. The first kappa shape index (κ1) is 8.98. The highest BCUT2D eigenvalue weighted by Crippen LogP contribution is 2.35. The number of allylic oxidation sites excluding steroid dienone is 2.